The Kier molecular flexibility index (Phi) is 8.01. The highest BCUT2D eigenvalue weighted by Gasteiger charge is 2.09. The van der Waals surface area contributed by atoms with E-state index in [1.165, 1.54) is 32.4 Å². The number of nitrogens with one attached hydrogen (secondary N) is 1. The number of rotatable bonds is 8. The van der Waals surface area contributed by atoms with Gasteiger partial charge >= 0.3 is 0 Å². The van der Waals surface area contributed by atoms with Gasteiger partial charge in [0.05, 0.1) is 0 Å². The van der Waals surface area contributed by atoms with E-state index in [9.17, 15) is 4.79 Å². The molecular formula is C13H27N3O. The van der Waals surface area contributed by atoms with Gasteiger partial charge in [-0.1, -0.05) is 6.42 Å². The van der Waals surface area contributed by atoms with Crippen LogP contribution < -0.4 is 11.1 Å². The highest BCUT2D eigenvalue weighted by Crippen LogP contribution is 2.08. The Morgan fingerprint density at radius 3 is 2.59 bits per heavy atom. The van der Waals surface area contributed by atoms with Gasteiger partial charge in [-0.3, -0.25) is 4.79 Å². The summed E-state index contributed by atoms with van der Waals surface area (Å²) in [5.74, 6) is 0.178. The molecule has 1 amide bonds. The fourth-order valence-electron chi connectivity index (χ4n) is 2.23. The molecule has 0 radical (unpaired) electrons. The number of hydrogen-bond acceptors (Lipinski definition) is 3. The van der Waals surface area contributed by atoms with Gasteiger partial charge < -0.3 is 16.0 Å². The zero-order valence-electron chi connectivity index (χ0n) is 10.9. The first-order chi connectivity index (χ1) is 8.33. The first kappa shape index (κ1) is 14.5. The molecule has 17 heavy (non-hydrogen) atoms. The molecule has 1 aliphatic heterocycles. The molecule has 0 atom stereocenters. The molecule has 3 N–H and O–H groups in total. The molecular weight excluding hydrogens is 214 g/mol. The fraction of sp³-hybridized carbons (Fsp3) is 0.923. The molecule has 0 saturated carbocycles. The Hall–Kier alpha value is -0.610. The number of likely N-dealkylation sites (tertiary alicyclic amines) is 1. The van der Waals surface area contributed by atoms with Gasteiger partial charge in [-0.2, -0.15) is 0 Å². The highest BCUT2D eigenvalue weighted by molar-refractivity contribution is 5.75. The maximum Gasteiger partial charge on any atom is 0.219 e. The number of unbranched alkanes of at least 4 members (excludes halogenated alkanes) is 1. The van der Waals surface area contributed by atoms with Crippen molar-refractivity contribution in [1.29, 1.82) is 0 Å². The van der Waals surface area contributed by atoms with Crippen LogP contribution in [0.1, 0.15) is 44.9 Å². The highest BCUT2D eigenvalue weighted by atomic mass is 16.1. The molecule has 1 heterocycles. The van der Waals surface area contributed by atoms with Crippen molar-refractivity contribution in [2.75, 3.05) is 32.7 Å². The summed E-state index contributed by atoms with van der Waals surface area (Å²) in [5.41, 5.74) is 5.38. The van der Waals surface area contributed by atoms with Crippen LogP contribution >= 0.6 is 0 Å². The number of hydrogen-bond donors (Lipinski definition) is 2. The summed E-state index contributed by atoms with van der Waals surface area (Å²) >= 11 is 0. The third kappa shape index (κ3) is 7.34. The number of amides is 1. The number of nitrogens with zero attached hydrogens (tertiary/aromatic N) is 1. The van der Waals surface area contributed by atoms with Crippen molar-refractivity contribution in [2.45, 2.75) is 44.9 Å². The van der Waals surface area contributed by atoms with Gasteiger partial charge in [0.25, 0.3) is 0 Å². The maximum absolute atomic E-state index is 11.4. The van der Waals surface area contributed by atoms with Crippen molar-refractivity contribution in [3.63, 3.8) is 0 Å². The molecule has 1 rings (SSSR count). The molecule has 1 fully saturated rings. The van der Waals surface area contributed by atoms with Crippen molar-refractivity contribution in [2.24, 2.45) is 5.73 Å². The maximum atomic E-state index is 11.4. The quantitative estimate of drug-likeness (QED) is 0.626. The van der Waals surface area contributed by atoms with E-state index in [0.717, 1.165) is 32.4 Å². The normalized spacial score (nSPS) is 17.0. The third-order valence-electron chi connectivity index (χ3n) is 3.28. The first-order valence-corrected chi connectivity index (χ1v) is 7.02. The molecule has 0 bridgehead atoms. The van der Waals surface area contributed by atoms with Crippen LogP contribution in [0.25, 0.3) is 0 Å². The number of nitrogens with two attached hydrogens (primary N) is 1. The molecule has 4 heteroatoms. The molecule has 0 unspecified atom stereocenters. The van der Waals surface area contributed by atoms with Crippen LogP contribution in [-0.4, -0.2) is 43.5 Å². The summed E-state index contributed by atoms with van der Waals surface area (Å²) in [7, 11) is 0. The SMILES string of the molecule is NCCCCC(=O)NCCCN1CCCCC1. The topological polar surface area (TPSA) is 58.4 Å². The standard InChI is InChI=1S/C13H27N3O/c14-8-3-2-7-13(17)15-9-6-12-16-10-4-1-5-11-16/h1-12,14H2,(H,15,17). The second-order valence-corrected chi connectivity index (χ2v) is 4.85. The smallest absolute Gasteiger partial charge is 0.219 e. The minimum atomic E-state index is 0.178. The molecule has 0 spiro atoms. The average Bonchev–Trinajstić information content (AvgIpc) is 2.36. The van der Waals surface area contributed by atoms with Crippen molar-refractivity contribution >= 4 is 5.91 Å². The second-order valence-electron chi connectivity index (χ2n) is 4.85. The average molecular weight is 241 g/mol. The third-order valence-corrected chi connectivity index (χ3v) is 3.28. The minimum absolute atomic E-state index is 0.178. The van der Waals surface area contributed by atoms with Crippen LogP contribution in [0.2, 0.25) is 0 Å². The van der Waals surface area contributed by atoms with Gasteiger partial charge in [-0.15, -0.1) is 0 Å². The predicted molar refractivity (Wildman–Crippen MR) is 70.8 cm³/mol. The van der Waals surface area contributed by atoms with E-state index >= 15 is 0 Å². The van der Waals surface area contributed by atoms with Crippen LogP contribution in [0.4, 0.5) is 0 Å². The van der Waals surface area contributed by atoms with Crippen molar-refractivity contribution in [3.8, 4) is 0 Å². The summed E-state index contributed by atoms with van der Waals surface area (Å²) in [6, 6.07) is 0. The summed E-state index contributed by atoms with van der Waals surface area (Å²) in [4.78, 5) is 13.9. The predicted octanol–water partition coefficient (Wildman–Crippen LogP) is 1.11. The Morgan fingerprint density at radius 2 is 1.88 bits per heavy atom. The Morgan fingerprint density at radius 1 is 1.12 bits per heavy atom. The van der Waals surface area contributed by atoms with Gasteiger partial charge in [0.1, 0.15) is 0 Å². The van der Waals surface area contributed by atoms with E-state index in [4.69, 9.17) is 5.73 Å². The molecule has 100 valence electrons. The summed E-state index contributed by atoms with van der Waals surface area (Å²) in [5, 5.41) is 2.97. The van der Waals surface area contributed by atoms with Gasteiger partial charge in [0.15, 0.2) is 0 Å². The number of piperidine rings is 1. The monoisotopic (exact) mass is 241 g/mol. The van der Waals surface area contributed by atoms with E-state index in [0.29, 0.717) is 13.0 Å². The van der Waals surface area contributed by atoms with Crippen molar-refractivity contribution < 1.29 is 4.79 Å². The van der Waals surface area contributed by atoms with Crippen LogP contribution in [0, 0.1) is 0 Å². The van der Waals surface area contributed by atoms with E-state index in [-0.39, 0.29) is 5.91 Å². The molecule has 0 aromatic carbocycles. The molecule has 1 saturated heterocycles. The van der Waals surface area contributed by atoms with Crippen LogP contribution in [0.3, 0.4) is 0 Å². The molecule has 4 nitrogen and oxygen atoms in total. The van der Waals surface area contributed by atoms with Crippen molar-refractivity contribution in [1.82, 2.24) is 10.2 Å². The van der Waals surface area contributed by atoms with E-state index in [1.807, 2.05) is 0 Å². The van der Waals surface area contributed by atoms with Gasteiger partial charge in [0.2, 0.25) is 5.91 Å². The molecule has 0 aliphatic carbocycles. The number of carbonyl (C=O) groups excluding carboxylic acids is 1. The lowest BCUT2D eigenvalue weighted by atomic mass is 10.1. The summed E-state index contributed by atoms with van der Waals surface area (Å²) in [6.07, 6.45) is 7.62. The molecule has 0 aromatic rings. The van der Waals surface area contributed by atoms with E-state index < -0.39 is 0 Å². The second kappa shape index (κ2) is 9.42. The van der Waals surface area contributed by atoms with Gasteiger partial charge in [-0.25, -0.2) is 0 Å². The lowest BCUT2D eigenvalue weighted by molar-refractivity contribution is -0.121. The largest absolute Gasteiger partial charge is 0.356 e. The lowest BCUT2D eigenvalue weighted by Crippen LogP contribution is -2.33. The van der Waals surface area contributed by atoms with E-state index in [2.05, 4.69) is 10.2 Å². The zero-order valence-corrected chi connectivity index (χ0v) is 10.9. The van der Waals surface area contributed by atoms with Crippen molar-refractivity contribution in [3.05, 3.63) is 0 Å². The first-order valence-electron chi connectivity index (χ1n) is 7.02. The van der Waals surface area contributed by atoms with Crippen LogP contribution in [-0.2, 0) is 4.79 Å². The Labute approximate surface area is 105 Å². The molecule has 1 aliphatic rings. The summed E-state index contributed by atoms with van der Waals surface area (Å²) < 4.78 is 0. The minimum Gasteiger partial charge on any atom is -0.356 e. The Balaban J connectivity index is 1.90. The summed E-state index contributed by atoms with van der Waals surface area (Å²) in [6.45, 7) is 5.11. The fourth-order valence-corrected chi connectivity index (χ4v) is 2.23. The number of carbonyl (C=O) groups is 1. The Bertz CT molecular complexity index is 203. The lowest BCUT2D eigenvalue weighted by Gasteiger charge is -2.26. The molecule has 0 aromatic heterocycles. The van der Waals surface area contributed by atoms with Gasteiger partial charge in [-0.05, 0) is 58.3 Å². The van der Waals surface area contributed by atoms with Gasteiger partial charge in [0, 0.05) is 13.0 Å². The van der Waals surface area contributed by atoms with E-state index in [1.54, 1.807) is 0 Å². The van der Waals surface area contributed by atoms with Crippen LogP contribution in [0.15, 0.2) is 0 Å². The van der Waals surface area contributed by atoms with Crippen LogP contribution in [0.5, 0.6) is 0 Å². The zero-order chi connectivity index (χ0) is 12.3.